The molecule has 0 unspecified atom stereocenters. The number of ether oxygens (including phenoxy) is 2. The second-order valence-electron chi connectivity index (χ2n) is 5.55. The van der Waals surface area contributed by atoms with E-state index < -0.39 is 0 Å². The Balaban J connectivity index is 1.75. The zero-order valence-electron chi connectivity index (χ0n) is 14.8. The maximum absolute atomic E-state index is 12.4. The van der Waals surface area contributed by atoms with Crippen molar-refractivity contribution >= 4 is 17.2 Å². The minimum Gasteiger partial charge on any atom is -0.493 e. The quantitative estimate of drug-likeness (QED) is 0.714. The van der Waals surface area contributed by atoms with Crippen molar-refractivity contribution in [2.24, 2.45) is 0 Å². The third-order valence-corrected chi connectivity index (χ3v) is 4.75. The van der Waals surface area contributed by atoms with Crippen LogP contribution in [0.25, 0.3) is 0 Å². The molecule has 0 fully saturated rings. The normalized spacial score (nSPS) is 10.4. The largest absolute Gasteiger partial charge is 0.493 e. The maximum Gasteiger partial charge on any atom is 0.263 e. The van der Waals surface area contributed by atoms with Gasteiger partial charge in [-0.25, -0.2) is 9.97 Å². The first-order chi connectivity index (χ1) is 12.6. The second kappa shape index (κ2) is 7.97. The van der Waals surface area contributed by atoms with Gasteiger partial charge >= 0.3 is 0 Å². The maximum atomic E-state index is 12.4. The molecular weight excluding hydrogens is 350 g/mol. The summed E-state index contributed by atoms with van der Waals surface area (Å²) in [6, 6.07) is 11.0. The van der Waals surface area contributed by atoms with Crippen LogP contribution in [0.15, 0.2) is 42.6 Å². The van der Waals surface area contributed by atoms with Gasteiger partial charge in [0.25, 0.3) is 5.91 Å². The molecule has 0 aliphatic heterocycles. The van der Waals surface area contributed by atoms with E-state index in [0.29, 0.717) is 28.8 Å². The van der Waals surface area contributed by atoms with E-state index in [-0.39, 0.29) is 5.91 Å². The molecule has 0 atom stereocenters. The van der Waals surface area contributed by atoms with Crippen LogP contribution in [0.1, 0.15) is 25.9 Å². The lowest BCUT2D eigenvalue weighted by Crippen LogP contribution is -2.23. The number of nitrogens with one attached hydrogen (secondary N) is 1. The van der Waals surface area contributed by atoms with E-state index in [1.807, 2.05) is 38.1 Å². The van der Waals surface area contributed by atoms with Gasteiger partial charge in [0, 0.05) is 18.3 Å². The first kappa shape index (κ1) is 17.9. The first-order valence-corrected chi connectivity index (χ1v) is 8.87. The van der Waals surface area contributed by atoms with Gasteiger partial charge < -0.3 is 14.8 Å². The van der Waals surface area contributed by atoms with E-state index >= 15 is 0 Å². The Morgan fingerprint density at radius 3 is 2.62 bits per heavy atom. The van der Waals surface area contributed by atoms with Gasteiger partial charge in [-0.1, -0.05) is 18.2 Å². The molecule has 3 aromatic rings. The number of para-hydroxylation sites is 2. The topological polar surface area (TPSA) is 73.3 Å². The summed E-state index contributed by atoms with van der Waals surface area (Å²) in [4.78, 5) is 21.6. The Labute approximate surface area is 155 Å². The van der Waals surface area contributed by atoms with Crippen LogP contribution in [0.4, 0.5) is 0 Å². The predicted molar refractivity (Wildman–Crippen MR) is 100 cm³/mol. The fourth-order valence-corrected chi connectivity index (χ4v) is 3.29. The highest BCUT2D eigenvalue weighted by Crippen LogP contribution is 2.31. The molecule has 2 heterocycles. The average Bonchev–Trinajstić information content (AvgIpc) is 2.99. The number of aryl methyl sites for hydroxylation is 2. The van der Waals surface area contributed by atoms with Gasteiger partial charge in [-0.05, 0) is 32.0 Å². The number of pyridine rings is 1. The molecule has 0 spiro atoms. The number of benzene rings is 1. The summed E-state index contributed by atoms with van der Waals surface area (Å²) in [5.41, 5.74) is 1.51. The second-order valence-corrected chi connectivity index (χ2v) is 6.75. The van der Waals surface area contributed by atoms with E-state index in [1.54, 1.807) is 25.4 Å². The fourth-order valence-electron chi connectivity index (χ4n) is 2.46. The molecule has 1 amide bonds. The van der Waals surface area contributed by atoms with Gasteiger partial charge in [0.05, 0.1) is 17.8 Å². The van der Waals surface area contributed by atoms with Crippen LogP contribution in [0.3, 0.4) is 0 Å². The highest BCUT2D eigenvalue weighted by atomic mass is 32.1. The number of carbonyl (C=O) groups is 1. The van der Waals surface area contributed by atoms with E-state index in [0.717, 1.165) is 16.3 Å². The van der Waals surface area contributed by atoms with Crippen LogP contribution in [-0.4, -0.2) is 23.0 Å². The fraction of sp³-hybridized carbons (Fsp3) is 0.211. The molecule has 0 saturated heterocycles. The zero-order chi connectivity index (χ0) is 18.5. The number of hydrogen-bond donors (Lipinski definition) is 1. The molecule has 0 aliphatic rings. The van der Waals surface area contributed by atoms with Gasteiger partial charge in [0.2, 0.25) is 5.88 Å². The Bertz CT molecular complexity index is 924. The number of hydrogen-bond acceptors (Lipinski definition) is 6. The highest BCUT2D eigenvalue weighted by Gasteiger charge is 2.15. The van der Waals surface area contributed by atoms with Crippen molar-refractivity contribution in [2.45, 2.75) is 20.4 Å². The lowest BCUT2D eigenvalue weighted by molar-refractivity contribution is 0.0954. The number of amides is 1. The molecule has 3 rings (SSSR count). The lowest BCUT2D eigenvalue weighted by Gasteiger charge is -2.12. The minimum absolute atomic E-state index is 0.153. The average molecular weight is 369 g/mol. The van der Waals surface area contributed by atoms with Gasteiger partial charge in [-0.3, -0.25) is 4.79 Å². The number of thiazole rings is 1. The van der Waals surface area contributed by atoms with Crippen LogP contribution in [0.5, 0.6) is 17.4 Å². The third kappa shape index (κ3) is 4.00. The predicted octanol–water partition coefficient (Wildman–Crippen LogP) is 3.89. The van der Waals surface area contributed by atoms with Crippen molar-refractivity contribution in [1.29, 1.82) is 0 Å². The smallest absolute Gasteiger partial charge is 0.263 e. The Morgan fingerprint density at radius 2 is 1.92 bits per heavy atom. The highest BCUT2D eigenvalue weighted by molar-refractivity contribution is 7.13. The van der Waals surface area contributed by atoms with Crippen LogP contribution in [-0.2, 0) is 6.54 Å². The molecule has 1 N–H and O–H groups in total. The lowest BCUT2D eigenvalue weighted by atomic mass is 10.2. The Hall–Kier alpha value is -2.93. The molecule has 26 heavy (non-hydrogen) atoms. The molecule has 1 aromatic carbocycles. The van der Waals surface area contributed by atoms with Gasteiger partial charge in [-0.2, -0.15) is 0 Å². The number of aromatic nitrogens is 2. The monoisotopic (exact) mass is 369 g/mol. The Kier molecular flexibility index (Phi) is 5.48. The molecule has 2 aromatic heterocycles. The summed E-state index contributed by atoms with van der Waals surface area (Å²) in [6.07, 6.45) is 1.65. The van der Waals surface area contributed by atoms with E-state index in [2.05, 4.69) is 15.3 Å². The van der Waals surface area contributed by atoms with Crippen LogP contribution < -0.4 is 14.8 Å². The molecule has 0 radical (unpaired) electrons. The van der Waals surface area contributed by atoms with Gasteiger partial charge in [-0.15, -0.1) is 11.3 Å². The van der Waals surface area contributed by atoms with Crippen molar-refractivity contribution in [2.75, 3.05) is 7.11 Å². The molecule has 0 bridgehead atoms. The number of rotatable bonds is 6. The molecule has 134 valence electrons. The molecule has 0 saturated carbocycles. The van der Waals surface area contributed by atoms with E-state index in [4.69, 9.17) is 9.47 Å². The van der Waals surface area contributed by atoms with Gasteiger partial charge in [0.1, 0.15) is 4.88 Å². The van der Waals surface area contributed by atoms with E-state index in [9.17, 15) is 4.79 Å². The summed E-state index contributed by atoms with van der Waals surface area (Å²) in [7, 11) is 1.58. The van der Waals surface area contributed by atoms with Crippen LogP contribution in [0.2, 0.25) is 0 Å². The minimum atomic E-state index is -0.153. The summed E-state index contributed by atoms with van der Waals surface area (Å²) < 4.78 is 11.2. The molecular formula is C19H19N3O3S. The summed E-state index contributed by atoms with van der Waals surface area (Å²) >= 11 is 1.38. The standard InChI is InChI=1S/C19H19N3O3S/c1-12-17(26-13(2)22-12)18(23)21-11-14-7-6-10-20-19(14)25-16-9-5-4-8-15(16)24-3/h4-10H,11H2,1-3H3,(H,21,23). The third-order valence-electron chi connectivity index (χ3n) is 3.67. The number of carbonyl (C=O) groups excluding carboxylic acids is 1. The SMILES string of the molecule is COc1ccccc1Oc1ncccc1CNC(=O)c1sc(C)nc1C. The van der Waals surface area contributed by atoms with Gasteiger partial charge in [0.15, 0.2) is 11.5 Å². The number of methoxy groups -OCH3 is 1. The molecule has 6 nitrogen and oxygen atoms in total. The first-order valence-electron chi connectivity index (χ1n) is 8.05. The number of nitrogens with zero attached hydrogens (tertiary/aromatic N) is 2. The van der Waals surface area contributed by atoms with Crippen molar-refractivity contribution < 1.29 is 14.3 Å². The van der Waals surface area contributed by atoms with Crippen molar-refractivity contribution in [3.05, 3.63) is 63.7 Å². The Morgan fingerprint density at radius 1 is 1.15 bits per heavy atom. The van der Waals surface area contributed by atoms with Crippen molar-refractivity contribution in [3.63, 3.8) is 0 Å². The molecule has 7 heteroatoms. The summed E-state index contributed by atoms with van der Waals surface area (Å²) in [5, 5.41) is 3.77. The van der Waals surface area contributed by atoms with Crippen LogP contribution >= 0.6 is 11.3 Å². The zero-order valence-corrected chi connectivity index (χ0v) is 15.6. The molecule has 0 aliphatic carbocycles. The van der Waals surface area contributed by atoms with E-state index in [1.165, 1.54) is 11.3 Å². The van der Waals surface area contributed by atoms with Crippen molar-refractivity contribution in [3.8, 4) is 17.4 Å². The van der Waals surface area contributed by atoms with Crippen molar-refractivity contribution in [1.82, 2.24) is 15.3 Å². The van der Waals surface area contributed by atoms with Crippen LogP contribution in [0, 0.1) is 13.8 Å². The summed E-state index contributed by atoms with van der Waals surface area (Å²) in [6.45, 7) is 4.01. The summed E-state index contributed by atoms with van der Waals surface area (Å²) in [5.74, 6) is 1.45.